The molecule has 0 amide bonds. The molecule has 0 spiro atoms. The average molecular weight is 394 g/mol. The van der Waals surface area contributed by atoms with Crippen LogP contribution in [0.2, 0.25) is 0 Å². The number of hydrogen-bond acceptors (Lipinski definition) is 6. The number of rotatable bonds is 8. The van der Waals surface area contributed by atoms with Crippen LogP contribution in [0.4, 0.5) is 17.1 Å². The molecule has 0 fully saturated rings. The predicted molar refractivity (Wildman–Crippen MR) is 94.2 cm³/mol. The van der Waals surface area contributed by atoms with E-state index in [1.165, 1.54) is 12.1 Å². The molecular formula is C16H16BrN3O4. The van der Waals surface area contributed by atoms with Crippen LogP contribution in [0.1, 0.15) is 6.42 Å². The Hall–Kier alpha value is -2.48. The van der Waals surface area contributed by atoms with Gasteiger partial charge < -0.3 is 9.47 Å². The lowest BCUT2D eigenvalue weighted by atomic mass is 10.2. The first kappa shape index (κ1) is 17.9. The van der Waals surface area contributed by atoms with Crippen LogP contribution in [0.15, 0.2) is 52.7 Å². The van der Waals surface area contributed by atoms with Crippen molar-refractivity contribution in [3.8, 4) is 11.5 Å². The first-order valence-corrected chi connectivity index (χ1v) is 8.29. The molecule has 0 radical (unpaired) electrons. The first-order valence-electron chi connectivity index (χ1n) is 7.17. The van der Waals surface area contributed by atoms with Gasteiger partial charge in [0.25, 0.3) is 0 Å². The Bertz CT molecular complexity index is 720. The van der Waals surface area contributed by atoms with Crippen LogP contribution in [0.25, 0.3) is 0 Å². The largest absolute Gasteiger partial charge is 0.497 e. The van der Waals surface area contributed by atoms with Crippen LogP contribution in [0.5, 0.6) is 11.5 Å². The van der Waals surface area contributed by atoms with Gasteiger partial charge in [0, 0.05) is 11.4 Å². The summed E-state index contributed by atoms with van der Waals surface area (Å²) in [5.41, 5.74) is 0.872. The summed E-state index contributed by atoms with van der Waals surface area (Å²) in [6, 6.07) is 11.5. The third-order valence-corrected chi connectivity index (χ3v) is 3.59. The molecule has 0 heterocycles. The van der Waals surface area contributed by atoms with Gasteiger partial charge in [-0.3, -0.25) is 10.1 Å². The molecule has 126 valence electrons. The van der Waals surface area contributed by atoms with Crippen molar-refractivity contribution in [2.75, 3.05) is 19.0 Å². The van der Waals surface area contributed by atoms with Crippen molar-refractivity contribution in [3.63, 3.8) is 0 Å². The maximum atomic E-state index is 11.2. The van der Waals surface area contributed by atoms with E-state index in [0.29, 0.717) is 18.0 Å². The summed E-state index contributed by atoms with van der Waals surface area (Å²) < 4.78 is 10.5. The second-order valence-electron chi connectivity index (χ2n) is 4.70. The number of hydrogen-bond donors (Lipinski definition) is 0. The Morgan fingerprint density at radius 3 is 2.42 bits per heavy atom. The van der Waals surface area contributed by atoms with Crippen molar-refractivity contribution in [2.45, 2.75) is 6.42 Å². The molecule has 2 aromatic rings. The van der Waals surface area contributed by atoms with Crippen LogP contribution < -0.4 is 9.47 Å². The number of alkyl halides is 1. The molecule has 0 unspecified atom stereocenters. The van der Waals surface area contributed by atoms with E-state index in [-0.39, 0.29) is 11.4 Å². The number of azo groups is 1. The van der Waals surface area contributed by atoms with Crippen LogP contribution in [-0.2, 0) is 0 Å². The number of nitrogens with zero attached hydrogens (tertiary/aromatic N) is 3. The van der Waals surface area contributed by atoms with Crippen LogP contribution in [0.3, 0.4) is 0 Å². The molecule has 24 heavy (non-hydrogen) atoms. The highest BCUT2D eigenvalue weighted by Gasteiger charge is 2.16. The number of nitro benzene ring substituents is 1. The number of methoxy groups -OCH3 is 1. The average Bonchev–Trinajstić information content (AvgIpc) is 2.61. The summed E-state index contributed by atoms with van der Waals surface area (Å²) in [6.07, 6.45) is 0.760. The molecule has 2 aromatic carbocycles. The number of benzene rings is 2. The topological polar surface area (TPSA) is 86.3 Å². The lowest BCUT2D eigenvalue weighted by molar-refractivity contribution is -0.385. The lowest BCUT2D eigenvalue weighted by Crippen LogP contribution is -2.00. The van der Waals surface area contributed by atoms with Gasteiger partial charge in [0.2, 0.25) is 0 Å². The summed E-state index contributed by atoms with van der Waals surface area (Å²) in [5, 5.41) is 20.0. The molecule has 2 rings (SSSR count). The minimum absolute atomic E-state index is 0.129. The molecule has 0 N–H and O–H groups in total. The van der Waals surface area contributed by atoms with E-state index in [1.807, 2.05) is 0 Å². The Morgan fingerprint density at radius 2 is 1.79 bits per heavy atom. The van der Waals surface area contributed by atoms with E-state index in [0.717, 1.165) is 17.5 Å². The normalized spacial score (nSPS) is 10.8. The third kappa shape index (κ3) is 5.02. The predicted octanol–water partition coefficient (Wildman–Crippen LogP) is 5.18. The van der Waals surface area contributed by atoms with Crippen LogP contribution in [0, 0.1) is 10.1 Å². The fourth-order valence-electron chi connectivity index (χ4n) is 1.83. The number of halogens is 1. The fourth-order valence-corrected chi connectivity index (χ4v) is 2.06. The standard InChI is InChI=1S/C16H16BrN3O4/c1-23-14-6-3-12(4-7-14)18-19-13-5-8-16(24-10-2-9-17)15(11-13)20(21)22/h3-8,11H,2,9-10H2,1H3. The summed E-state index contributed by atoms with van der Waals surface area (Å²) in [4.78, 5) is 10.7. The molecule has 0 aliphatic rings. The van der Waals surface area contributed by atoms with Gasteiger partial charge in [0.1, 0.15) is 5.75 Å². The van der Waals surface area contributed by atoms with E-state index in [9.17, 15) is 10.1 Å². The zero-order chi connectivity index (χ0) is 17.4. The molecule has 0 saturated carbocycles. The molecule has 0 aliphatic heterocycles. The third-order valence-electron chi connectivity index (χ3n) is 3.03. The van der Waals surface area contributed by atoms with E-state index in [1.54, 1.807) is 37.4 Å². The smallest absolute Gasteiger partial charge is 0.313 e. The number of ether oxygens (including phenoxy) is 2. The lowest BCUT2D eigenvalue weighted by Gasteiger charge is -2.06. The molecule has 0 bridgehead atoms. The van der Waals surface area contributed by atoms with Crippen LogP contribution in [-0.4, -0.2) is 24.0 Å². The fraction of sp³-hybridized carbons (Fsp3) is 0.250. The molecular weight excluding hydrogens is 378 g/mol. The van der Waals surface area contributed by atoms with Crippen molar-refractivity contribution in [1.82, 2.24) is 0 Å². The monoisotopic (exact) mass is 393 g/mol. The summed E-state index contributed by atoms with van der Waals surface area (Å²) >= 11 is 3.28. The maximum Gasteiger partial charge on any atom is 0.313 e. The molecule has 0 saturated heterocycles. The quantitative estimate of drug-likeness (QED) is 0.203. The van der Waals surface area contributed by atoms with Gasteiger partial charge in [-0.25, -0.2) is 0 Å². The van der Waals surface area contributed by atoms with Crippen molar-refractivity contribution in [2.24, 2.45) is 10.2 Å². The first-order chi connectivity index (χ1) is 11.6. The van der Waals surface area contributed by atoms with Gasteiger partial charge >= 0.3 is 5.69 Å². The molecule has 0 atom stereocenters. The summed E-state index contributed by atoms with van der Waals surface area (Å²) in [5.74, 6) is 0.943. The SMILES string of the molecule is COc1ccc(N=Nc2ccc(OCCCBr)c([N+](=O)[O-])c2)cc1. The Kier molecular flexibility index (Phi) is 6.68. The highest BCUT2D eigenvalue weighted by molar-refractivity contribution is 9.09. The highest BCUT2D eigenvalue weighted by atomic mass is 79.9. The Labute approximate surface area is 147 Å². The summed E-state index contributed by atoms with van der Waals surface area (Å²) in [6.45, 7) is 0.402. The van der Waals surface area contributed by atoms with E-state index >= 15 is 0 Å². The molecule has 8 heteroatoms. The minimum atomic E-state index is -0.490. The van der Waals surface area contributed by atoms with Gasteiger partial charge in [0.15, 0.2) is 5.75 Å². The van der Waals surface area contributed by atoms with E-state index in [4.69, 9.17) is 9.47 Å². The second-order valence-corrected chi connectivity index (χ2v) is 5.49. The van der Waals surface area contributed by atoms with Crippen molar-refractivity contribution >= 4 is 33.0 Å². The molecule has 0 aromatic heterocycles. The van der Waals surface area contributed by atoms with Gasteiger partial charge in [-0.1, -0.05) is 15.9 Å². The van der Waals surface area contributed by atoms with E-state index in [2.05, 4.69) is 26.2 Å². The van der Waals surface area contributed by atoms with Gasteiger partial charge in [-0.15, -0.1) is 0 Å². The van der Waals surface area contributed by atoms with Gasteiger partial charge in [-0.05, 0) is 42.8 Å². The van der Waals surface area contributed by atoms with Crippen LogP contribution >= 0.6 is 15.9 Å². The summed E-state index contributed by atoms with van der Waals surface area (Å²) in [7, 11) is 1.58. The van der Waals surface area contributed by atoms with Gasteiger partial charge in [0.05, 0.1) is 30.0 Å². The van der Waals surface area contributed by atoms with Gasteiger partial charge in [-0.2, -0.15) is 10.2 Å². The molecule has 7 nitrogen and oxygen atoms in total. The van der Waals surface area contributed by atoms with Crippen molar-refractivity contribution in [1.29, 1.82) is 0 Å². The zero-order valence-electron chi connectivity index (χ0n) is 13.0. The number of nitro groups is 1. The highest BCUT2D eigenvalue weighted by Crippen LogP contribution is 2.32. The molecule has 0 aliphatic carbocycles. The second kappa shape index (κ2) is 8.97. The Balaban J connectivity index is 2.16. The van der Waals surface area contributed by atoms with Crippen molar-refractivity contribution in [3.05, 3.63) is 52.6 Å². The van der Waals surface area contributed by atoms with E-state index < -0.39 is 4.92 Å². The van der Waals surface area contributed by atoms with Crippen molar-refractivity contribution < 1.29 is 14.4 Å². The Morgan fingerprint density at radius 1 is 1.12 bits per heavy atom. The minimum Gasteiger partial charge on any atom is -0.497 e. The maximum absolute atomic E-state index is 11.2. The zero-order valence-corrected chi connectivity index (χ0v) is 14.6.